The first-order valence-electron chi connectivity index (χ1n) is 7.17. The molecule has 0 aromatic carbocycles. The van der Waals surface area contributed by atoms with Gasteiger partial charge in [0.2, 0.25) is 0 Å². The number of nitrogens with one attached hydrogen (secondary N) is 1. The van der Waals surface area contributed by atoms with Gasteiger partial charge in [0, 0.05) is 6.54 Å². The van der Waals surface area contributed by atoms with E-state index in [2.05, 4.69) is 12.2 Å². The summed E-state index contributed by atoms with van der Waals surface area (Å²) >= 11 is 0. The van der Waals surface area contributed by atoms with Gasteiger partial charge in [0.15, 0.2) is 0 Å². The van der Waals surface area contributed by atoms with Crippen LogP contribution in [0.2, 0.25) is 0 Å². The van der Waals surface area contributed by atoms with E-state index in [1.807, 2.05) is 0 Å². The van der Waals surface area contributed by atoms with Crippen LogP contribution in [0.5, 0.6) is 0 Å². The largest absolute Gasteiger partial charge is 0.481 e. The molecule has 0 spiro atoms. The Balaban J connectivity index is 2.04. The lowest BCUT2D eigenvalue weighted by Gasteiger charge is -2.27. The molecule has 17 heavy (non-hydrogen) atoms. The smallest absolute Gasteiger partial charge is 0.307 e. The van der Waals surface area contributed by atoms with E-state index in [0.717, 1.165) is 13.0 Å². The molecule has 100 valence electrons. The van der Waals surface area contributed by atoms with Crippen molar-refractivity contribution in [1.29, 1.82) is 0 Å². The predicted octanol–water partition coefficient (Wildman–Crippen LogP) is 3.05. The van der Waals surface area contributed by atoms with Crippen molar-refractivity contribution in [2.45, 2.75) is 58.3 Å². The molecule has 3 heteroatoms. The molecule has 0 bridgehead atoms. The molecular formula is C14H27NO2. The maximum Gasteiger partial charge on any atom is 0.307 e. The van der Waals surface area contributed by atoms with Gasteiger partial charge >= 0.3 is 5.97 Å². The fourth-order valence-corrected chi connectivity index (χ4v) is 2.65. The highest BCUT2D eigenvalue weighted by molar-refractivity contribution is 5.70. The summed E-state index contributed by atoms with van der Waals surface area (Å²) in [5, 5.41) is 12.2. The molecule has 1 saturated heterocycles. The van der Waals surface area contributed by atoms with Gasteiger partial charge in [-0.15, -0.1) is 0 Å². The summed E-state index contributed by atoms with van der Waals surface area (Å²) < 4.78 is 0. The summed E-state index contributed by atoms with van der Waals surface area (Å²) in [7, 11) is 0. The van der Waals surface area contributed by atoms with Crippen molar-refractivity contribution in [3.8, 4) is 0 Å². The van der Waals surface area contributed by atoms with Gasteiger partial charge in [0.1, 0.15) is 0 Å². The number of piperidine rings is 1. The molecule has 0 amide bonds. The molecule has 0 aromatic heterocycles. The summed E-state index contributed by atoms with van der Waals surface area (Å²) in [4.78, 5) is 10.9. The average Bonchev–Trinajstić information content (AvgIpc) is 2.34. The molecule has 1 heterocycles. The maximum absolute atomic E-state index is 10.9. The highest BCUT2D eigenvalue weighted by Crippen LogP contribution is 2.22. The zero-order valence-electron chi connectivity index (χ0n) is 11.1. The first kappa shape index (κ1) is 14.5. The molecule has 0 aliphatic carbocycles. The second-order valence-corrected chi connectivity index (χ2v) is 5.35. The molecule has 2 N–H and O–H groups in total. The fraction of sp³-hybridized carbons (Fsp3) is 0.929. The molecule has 0 aromatic rings. The van der Waals surface area contributed by atoms with Crippen molar-refractivity contribution >= 4 is 5.97 Å². The van der Waals surface area contributed by atoms with Gasteiger partial charge in [-0.05, 0) is 25.3 Å². The minimum atomic E-state index is -0.634. The van der Waals surface area contributed by atoms with E-state index < -0.39 is 5.97 Å². The minimum absolute atomic E-state index is 0.158. The van der Waals surface area contributed by atoms with E-state index in [4.69, 9.17) is 5.11 Å². The van der Waals surface area contributed by atoms with Crippen LogP contribution in [0.1, 0.15) is 58.3 Å². The third-order valence-corrected chi connectivity index (χ3v) is 3.76. The standard InChI is InChI=1S/C14H27NO2/c1-2-3-4-5-6-7-8-12-9-13(14(16)17)11-15-10-12/h12-13,15H,2-11H2,1H3,(H,16,17). The number of carbonyl (C=O) groups is 1. The van der Waals surface area contributed by atoms with Crippen molar-refractivity contribution in [2.75, 3.05) is 13.1 Å². The zero-order valence-corrected chi connectivity index (χ0v) is 11.1. The molecule has 1 aliphatic heterocycles. The van der Waals surface area contributed by atoms with Crippen LogP contribution in [0.3, 0.4) is 0 Å². The van der Waals surface area contributed by atoms with Gasteiger partial charge in [0.25, 0.3) is 0 Å². The summed E-state index contributed by atoms with van der Waals surface area (Å²) in [6.07, 6.45) is 10.0. The lowest BCUT2D eigenvalue weighted by molar-refractivity contribution is -0.142. The van der Waals surface area contributed by atoms with Crippen molar-refractivity contribution in [3.63, 3.8) is 0 Å². The Morgan fingerprint density at radius 1 is 1.18 bits per heavy atom. The van der Waals surface area contributed by atoms with Crippen LogP contribution in [-0.4, -0.2) is 24.2 Å². The molecule has 2 unspecified atom stereocenters. The molecular weight excluding hydrogens is 214 g/mol. The normalized spacial score (nSPS) is 24.8. The summed E-state index contributed by atoms with van der Waals surface area (Å²) in [6, 6.07) is 0. The Morgan fingerprint density at radius 2 is 1.88 bits per heavy atom. The third-order valence-electron chi connectivity index (χ3n) is 3.76. The average molecular weight is 241 g/mol. The van der Waals surface area contributed by atoms with E-state index in [9.17, 15) is 4.79 Å². The van der Waals surface area contributed by atoms with Gasteiger partial charge in [-0.2, -0.15) is 0 Å². The van der Waals surface area contributed by atoms with Gasteiger partial charge in [-0.3, -0.25) is 4.79 Å². The summed E-state index contributed by atoms with van der Waals surface area (Å²) in [5.41, 5.74) is 0. The van der Waals surface area contributed by atoms with E-state index in [1.165, 1.54) is 44.9 Å². The number of hydrogen-bond donors (Lipinski definition) is 2. The molecule has 0 radical (unpaired) electrons. The lowest BCUT2D eigenvalue weighted by atomic mass is 9.87. The quantitative estimate of drug-likeness (QED) is 0.642. The first-order chi connectivity index (χ1) is 8.24. The molecule has 3 nitrogen and oxygen atoms in total. The van der Waals surface area contributed by atoms with Crippen molar-refractivity contribution < 1.29 is 9.90 Å². The number of rotatable bonds is 8. The van der Waals surface area contributed by atoms with Gasteiger partial charge in [-0.25, -0.2) is 0 Å². The highest BCUT2D eigenvalue weighted by atomic mass is 16.4. The number of hydrogen-bond acceptors (Lipinski definition) is 2. The minimum Gasteiger partial charge on any atom is -0.481 e. The van der Waals surface area contributed by atoms with E-state index >= 15 is 0 Å². The van der Waals surface area contributed by atoms with Crippen LogP contribution >= 0.6 is 0 Å². The van der Waals surface area contributed by atoms with E-state index in [0.29, 0.717) is 12.5 Å². The maximum atomic E-state index is 10.9. The predicted molar refractivity (Wildman–Crippen MR) is 70.1 cm³/mol. The third kappa shape index (κ3) is 6.06. The van der Waals surface area contributed by atoms with Crippen LogP contribution in [0.15, 0.2) is 0 Å². The Bertz CT molecular complexity index is 218. The van der Waals surface area contributed by atoms with Crippen LogP contribution < -0.4 is 5.32 Å². The SMILES string of the molecule is CCCCCCCCC1CNCC(C(=O)O)C1. The van der Waals surface area contributed by atoms with Gasteiger partial charge in [0.05, 0.1) is 5.92 Å². The van der Waals surface area contributed by atoms with Crippen LogP contribution in [0, 0.1) is 11.8 Å². The van der Waals surface area contributed by atoms with Crippen molar-refractivity contribution in [3.05, 3.63) is 0 Å². The fourth-order valence-electron chi connectivity index (χ4n) is 2.65. The topological polar surface area (TPSA) is 49.3 Å². The van der Waals surface area contributed by atoms with Crippen molar-refractivity contribution in [2.24, 2.45) is 11.8 Å². The van der Waals surface area contributed by atoms with E-state index in [-0.39, 0.29) is 5.92 Å². The van der Waals surface area contributed by atoms with Gasteiger partial charge < -0.3 is 10.4 Å². The van der Waals surface area contributed by atoms with Crippen LogP contribution in [-0.2, 0) is 4.79 Å². The lowest BCUT2D eigenvalue weighted by Crippen LogP contribution is -2.39. The number of aliphatic carboxylic acids is 1. The molecule has 2 atom stereocenters. The van der Waals surface area contributed by atoms with Crippen LogP contribution in [0.25, 0.3) is 0 Å². The Morgan fingerprint density at radius 3 is 2.59 bits per heavy atom. The molecule has 1 fully saturated rings. The Labute approximate surface area is 105 Å². The zero-order chi connectivity index (χ0) is 12.5. The molecule has 1 aliphatic rings. The number of carboxylic acid groups (broad SMARTS) is 1. The van der Waals surface area contributed by atoms with Crippen LogP contribution in [0.4, 0.5) is 0 Å². The summed E-state index contributed by atoms with van der Waals surface area (Å²) in [5.74, 6) is -0.213. The van der Waals surface area contributed by atoms with E-state index in [1.54, 1.807) is 0 Å². The monoisotopic (exact) mass is 241 g/mol. The molecule has 1 rings (SSSR count). The Kier molecular flexibility index (Phi) is 7.25. The molecule has 0 saturated carbocycles. The highest BCUT2D eigenvalue weighted by Gasteiger charge is 2.26. The number of unbranched alkanes of at least 4 members (excludes halogenated alkanes) is 5. The van der Waals surface area contributed by atoms with Gasteiger partial charge in [-0.1, -0.05) is 45.4 Å². The number of carboxylic acids is 1. The second kappa shape index (κ2) is 8.51. The summed E-state index contributed by atoms with van der Waals surface area (Å²) in [6.45, 7) is 3.90. The first-order valence-corrected chi connectivity index (χ1v) is 7.17. The van der Waals surface area contributed by atoms with Crippen molar-refractivity contribution in [1.82, 2.24) is 5.32 Å². The Hall–Kier alpha value is -0.570. The second-order valence-electron chi connectivity index (χ2n) is 5.35.